The highest BCUT2D eigenvalue weighted by atomic mass is 32.2. The van der Waals surface area contributed by atoms with E-state index in [1.165, 1.54) is 6.07 Å². The first-order valence-electron chi connectivity index (χ1n) is 4.83. The van der Waals surface area contributed by atoms with Crippen molar-refractivity contribution in [3.05, 3.63) is 29.8 Å². The predicted molar refractivity (Wildman–Crippen MR) is 64.1 cm³/mol. The van der Waals surface area contributed by atoms with E-state index in [4.69, 9.17) is 10.8 Å². The highest BCUT2D eigenvalue weighted by molar-refractivity contribution is 7.92. The maximum atomic E-state index is 11.1. The lowest BCUT2D eigenvalue weighted by molar-refractivity contribution is -0.137. The second kappa shape index (κ2) is 5.15. The molecule has 1 aromatic rings. The van der Waals surface area contributed by atoms with Crippen LogP contribution in [0.4, 0.5) is 5.69 Å². The third-order valence-electron chi connectivity index (χ3n) is 2.05. The molecule has 94 valence electrons. The second-order valence-corrected chi connectivity index (χ2v) is 5.41. The van der Waals surface area contributed by atoms with Gasteiger partial charge in [-0.3, -0.25) is 9.52 Å². The number of anilines is 1. The van der Waals surface area contributed by atoms with Crippen LogP contribution in [0.2, 0.25) is 0 Å². The van der Waals surface area contributed by atoms with Crippen molar-refractivity contribution in [3.8, 4) is 0 Å². The molecule has 0 amide bonds. The van der Waals surface area contributed by atoms with Gasteiger partial charge in [-0.25, -0.2) is 8.42 Å². The topological polar surface area (TPSA) is 109 Å². The Morgan fingerprint density at radius 2 is 2.06 bits per heavy atom. The molecular weight excluding hydrogens is 244 g/mol. The third-order valence-corrected chi connectivity index (χ3v) is 2.64. The van der Waals surface area contributed by atoms with Crippen molar-refractivity contribution in [2.24, 2.45) is 5.73 Å². The molecule has 0 saturated carbocycles. The number of aliphatic carboxylic acids is 1. The van der Waals surface area contributed by atoms with Crippen LogP contribution in [0.3, 0.4) is 0 Å². The Kier molecular flexibility index (Phi) is 4.08. The molecule has 0 aliphatic rings. The van der Waals surface area contributed by atoms with Gasteiger partial charge in [0.25, 0.3) is 0 Å². The average molecular weight is 258 g/mol. The predicted octanol–water partition coefficient (Wildman–Crippen LogP) is 0.533. The highest BCUT2D eigenvalue weighted by Crippen LogP contribution is 2.23. The molecule has 1 aromatic carbocycles. The second-order valence-electron chi connectivity index (χ2n) is 3.67. The van der Waals surface area contributed by atoms with Crippen LogP contribution in [-0.4, -0.2) is 25.7 Å². The van der Waals surface area contributed by atoms with E-state index >= 15 is 0 Å². The number of nitrogens with two attached hydrogens (primary N) is 1. The number of carboxylic acids is 1. The maximum Gasteiger partial charge on any atom is 0.305 e. The molecule has 1 atom stereocenters. The van der Waals surface area contributed by atoms with Crippen molar-refractivity contribution >= 4 is 21.7 Å². The molecule has 7 heteroatoms. The zero-order chi connectivity index (χ0) is 13.1. The summed E-state index contributed by atoms with van der Waals surface area (Å²) in [6.45, 7) is 0. The largest absolute Gasteiger partial charge is 0.481 e. The monoisotopic (exact) mass is 258 g/mol. The molecule has 1 rings (SSSR count). The van der Waals surface area contributed by atoms with E-state index in [2.05, 4.69) is 4.72 Å². The molecular formula is C10H14N2O4S. The summed E-state index contributed by atoms with van der Waals surface area (Å²) in [7, 11) is -3.41. The molecule has 0 saturated heterocycles. The fourth-order valence-corrected chi connectivity index (χ4v) is 2.00. The number of hydrogen-bond acceptors (Lipinski definition) is 4. The van der Waals surface area contributed by atoms with Crippen LogP contribution >= 0.6 is 0 Å². The van der Waals surface area contributed by atoms with E-state index < -0.39 is 22.0 Å². The minimum absolute atomic E-state index is 0.261. The highest BCUT2D eigenvalue weighted by Gasteiger charge is 2.15. The first kappa shape index (κ1) is 13.5. The summed E-state index contributed by atoms with van der Waals surface area (Å²) < 4.78 is 24.6. The van der Waals surface area contributed by atoms with Crippen molar-refractivity contribution in [1.29, 1.82) is 0 Å². The number of carboxylic acid groups (broad SMARTS) is 1. The van der Waals surface area contributed by atoms with E-state index in [1.807, 2.05) is 0 Å². The van der Waals surface area contributed by atoms with Crippen LogP contribution in [0.15, 0.2) is 24.3 Å². The van der Waals surface area contributed by atoms with Gasteiger partial charge in [-0.1, -0.05) is 18.2 Å². The Morgan fingerprint density at radius 3 is 2.59 bits per heavy atom. The van der Waals surface area contributed by atoms with E-state index in [-0.39, 0.29) is 6.42 Å². The first-order valence-corrected chi connectivity index (χ1v) is 6.73. The normalized spacial score (nSPS) is 13.1. The summed E-state index contributed by atoms with van der Waals surface area (Å²) in [6.07, 6.45) is 0.759. The Balaban J connectivity index is 3.03. The number of hydrogen-bond donors (Lipinski definition) is 3. The SMILES string of the molecule is CS(=O)(=O)Nc1ccccc1C(N)CC(=O)O. The van der Waals surface area contributed by atoms with Crippen molar-refractivity contribution in [3.63, 3.8) is 0 Å². The zero-order valence-electron chi connectivity index (χ0n) is 9.25. The lowest BCUT2D eigenvalue weighted by Crippen LogP contribution is -2.18. The van der Waals surface area contributed by atoms with Gasteiger partial charge >= 0.3 is 5.97 Å². The zero-order valence-corrected chi connectivity index (χ0v) is 10.1. The quantitative estimate of drug-likeness (QED) is 0.713. The van der Waals surface area contributed by atoms with Crippen LogP contribution in [0.1, 0.15) is 18.0 Å². The molecule has 0 aliphatic carbocycles. The van der Waals surface area contributed by atoms with Crippen LogP contribution in [0, 0.1) is 0 Å². The number of sulfonamides is 1. The minimum Gasteiger partial charge on any atom is -0.481 e. The van der Waals surface area contributed by atoms with Crippen molar-refractivity contribution in [2.45, 2.75) is 12.5 Å². The fourth-order valence-electron chi connectivity index (χ4n) is 1.41. The van der Waals surface area contributed by atoms with Gasteiger partial charge in [-0.15, -0.1) is 0 Å². The third kappa shape index (κ3) is 4.41. The summed E-state index contributed by atoms with van der Waals surface area (Å²) in [5.74, 6) is -1.04. The lowest BCUT2D eigenvalue weighted by Gasteiger charge is -2.15. The number of benzene rings is 1. The van der Waals surface area contributed by atoms with Crippen molar-refractivity contribution in [1.82, 2.24) is 0 Å². The van der Waals surface area contributed by atoms with Gasteiger partial charge in [0.05, 0.1) is 18.4 Å². The van der Waals surface area contributed by atoms with E-state index in [1.54, 1.807) is 18.2 Å². The molecule has 0 radical (unpaired) electrons. The van der Waals surface area contributed by atoms with Gasteiger partial charge < -0.3 is 10.8 Å². The van der Waals surface area contributed by atoms with E-state index in [0.29, 0.717) is 11.3 Å². The van der Waals surface area contributed by atoms with Gasteiger partial charge in [-0.05, 0) is 11.6 Å². The summed E-state index contributed by atoms with van der Waals surface area (Å²) in [6, 6.07) is 5.70. The molecule has 17 heavy (non-hydrogen) atoms. The number of para-hydroxylation sites is 1. The molecule has 0 bridgehead atoms. The summed E-state index contributed by atoms with van der Waals surface area (Å²) in [4.78, 5) is 10.6. The average Bonchev–Trinajstić information content (AvgIpc) is 2.14. The van der Waals surface area contributed by atoms with Gasteiger partial charge in [0, 0.05) is 6.04 Å². The molecule has 0 spiro atoms. The van der Waals surface area contributed by atoms with Crippen molar-refractivity contribution < 1.29 is 18.3 Å². The van der Waals surface area contributed by atoms with Crippen LogP contribution in [0.5, 0.6) is 0 Å². The molecule has 1 unspecified atom stereocenters. The Bertz CT molecular complexity index is 513. The van der Waals surface area contributed by atoms with Crippen LogP contribution in [0.25, 0.3) is 0 Å². The number of nitrogens with one attached hydrogen (secondary N) is 1. The minimum atomic E-state index is -3.41. The molecule has 0 aliphatic heterocycles. The molecule has 4 N–H and O–H groups in total. The standard InChI is InChI=1S/C10H14N2O4S/c1-17(15,16)12-9-5-3-2-4-7(9)8(11)6-10(13)14/h2-5,8,12H,6,11H2,1H3,(H,13,14). The number of rotatable bonds is 5. The van der Waals surface area contributed by atoms with Gasteiger partial charge in [-0.2, -0.15) is 0 Å². The smallest absolute Gasteiger partial charge is 0.305 e. The van der Waals surface area contributed by atoms with Crippen LogP contribution in [-0.2, 0) is 14.8 Å². The summed E-state index contributed by atoms with van der Waals surface area (Å²) >= 11 is 0. The Hall–Kier alpha value is -1.60. The molecule has 6 nitrogen and oxygen atoms in total. The first-order chi connectivity index (χ1) is 7.79. The lowest BCUT2D eigenvalue weighted by atomic mass is 10.0. The van der Waals surface area contributed by atoms with E-state index in [0.717, 1.165) is 6.26 Å². The van der Waals surface area contributed by atoms with E-state index in [9.17, 15) is 13.2 Å². The van der Waals surface area contributed by atoms with Gasteiger partial charge in [0.15, 0.2) is 0 Å². The number of carbonyl (C=O) groups is 1. The van der Waals surface area contributed by atoms with Crippen molar-refractivity contribution in [2.75, 3.05) is 11.0 Å². The maximum absolute atomic E-state index is 11.1. The Labute approximate surface area is 99.5 Å². The summed E-state index contributed by atoms with van der Waals surface area (Å²) in [5.41, 5.74) is 6.47. The fraction of sp³-hybridized carbons (Fsp3) is 0.300. The summed E-state index contributed by atoms with van der Waals surface area (Å²) in [5, 5.41) is 8.65. The molecule has 0 fully saturated rings. The van der Waals surface area contributed by atoms with Gasteiger partial charge in [0.2, 0.25) is 10.0 Å². The van der Waals surface area contributed by atoms with Crippen LogP contribution < -0.4 is 10.5 Å². The molecule has 0 heterocycles. The molecule has 0 aromatic heterocycles. The Morgan fingerprint density at radius 1 is 1.47 bits per heavy atom. The van der Waals surface area contributed by atoms with Gasteiger partial charge in [0.1, 0.15) is 0 Å².